The van der Waals surface area contributed by atoms with E-state index in [4.69, 9.17) is 4.74 Å². The molecular formula is C23H26N4O4S. The topological polar surface area (TPSA) is 93.5 Å². The lowest BCUT2D eigenvalue weighted by molar-refractivity contribution is 0.0730. The third kappa shape index (κ3) is 4.74. The first kappa shape index (κ1) is 22.2. The van der Waals surface area contributed by atoms with Crippen LogP contribution in [-0.2, 0) is 21.3 Å². The van der Waals surface area contributed by atoms with Gasteiger partial charge in [-0.05, 0) is 54.8 Å². The number of rotatable bonds is 6. The van der Waals surface area contributed by atoms with Crippen LogP contribution in [0.25, 0.3) is 5.69 Å². The van der Waals surface area contributed by atoms with Crippen molar-refractivity contribution in [2.24, 2.45) is 0 Å². The summed E-state index contributed by atoms with van der Waals surface area (Å²) in [6, 6.07) is 12.6. The second-order valence-electron chi connectivity index (χ2n) is 7.78. The number of carbonyl (C=O) groups is 1. The maximum atomic E-state index is 12.8. The van der Waals surface area contributed by atoms with Gasteiger partial charge in [0.05, 0.1) is 18.1 Å². The molecule has 168 valence electrons. The highest BCUT2D eigenvalue weighted by atomic mass is 32.2. The van der Waals surface area contributed by atoms with Gasteiger partial charge in [-0.3, -0.25) is 4.79 Å². The molecule has 0 saturated carbocycles. The van der Waals surface area contributed by atoms with Gasteiger partial charge < -0.3 is 14.6 Å². The van der Waals surface area contributed by atoms with Crippen LogP contribution in [0.15, 0.2) is 59.9 Å². The minimum Gasteiger partial charge on any atom is -0.379 e. The number of hydrogen-bond acceptors (Lipinski definition) is 5. The van der Waals surface area contributed by atoms with Crippen LogP contribution in [-0.4, -0.2) is 54.5 Å². The lowest BCUT2D eigenvalue weighted by atomic mass is 10.1. The summed E-state index contributed by atoms with van der Waals surface area (Å²) >= 11 is 0. The predicted octanol–water partition coefficient (Wildman–Crippen LogP) is 2.44. The molecule has 9 heteroatoms. The van der Waals surface area contributed by atoms with E-state index in [0.29, 0.717) is 44.2 Å². The van der Waals surface area contributed by atoms with Crippen molar-refractivity contribution in [3.63, 3.8) is 0 Å². The second-order valence-corrected chi connectivity index (χ2v) is 9.72. The van der Waals surface area contributed by atoms with Gasteiger partial charge in [-0.2, -0.15) is 4.31 Å². The number of sulfonamides is 1. The highest BCUT2D eigenvalue weighted by molar-refractivity contribution is 7.89. The number of hydrogen-bond donors (Lipinski definition) is 1. The van der Waals surface area contributed by atoms with Crippen LogP contribution in [0.3, 0.4) is 0 Å². The van der Waals surface area contributed by atoms with Gasteiger partial charge in [0.25, 0.3) is 5.91 Å². The van der Waals surface area contributed by atoms with E-state index in [9.17, 15) is 13.2 Å². The number of amides is 1. The summed E-state index contributed by atoms with van der Waals surface area (Å²) in [6.45, 7) is 6.02. The molecule has 1 N–H and O–H groups in total. The van der Waals surface area contributed by atoms with Crippen molar-refractivity contribution < 1.29 is 17.9 Å². The molecule has 2 heterocycles. The van der Waals surface area contributed by atoms with Crippen molar-refractivity contribution in [2.75, 3.05) is 26.3 Å². The predicted molar refractivity (Wildman–Crippen MR) is 120 cm³/mol. The molecule has 0 unspecified atom stereocenters. The van der Waals surface area contributed by atoms with Gasteiger partial charge in [0, 0.05) is 31.5 Å². The molecule has 0 atom stereocenters. The minimum atomic E-state index is -3.54. The fourth-order valence-corrected chi connectivity index (χ4v) is 4.90. The number of imidazole rings is 1. The first-order valence-electron chi connectivity index (χ1n) is 10.4. The third-order valence-corrected chi connectivity index (χ3v) is 7.50. The zero-order valence-electron chi connectivity index (χ0n) is 18.1. The molecule has 3 aromatic rings. The average molecular weight is 455 g/mol. The van der Waals surface area contributed by atoms with Crippen LogP contribution in [0, 0.1) is 13.8 Å². The van der Waals surface area contributed by atoms with E-state index in [1.54, 1.807) is 35.0 Å². The zero-order valence-corrected chi connectivity index (χ0v) is 18.9. The summed E-state index contributed by atoms with van der Waals surface area (Å²) in [7, 11) is -3.54. The Morgan fingerprint density at radius 2 is 1.78 bits per heavy atom. The van der Waals surface area contributed by atoms with Crippen molar-refractivity contribution in [3.05, 3.63) is 77.4 Å². The molecule has 1 aliphatic rings. The molecule has 0 radical (unpaired) electrons. The molecule has 0 bridgehead atoms. The van der Waals surface area contributed by atoms with Crippen LogP contribution >= 0.6 is 0 Å². The number of morpholine rings is 1. The Labute approximate surface area is 187 Å². The number of nitrogens with one attached hydrogen (secondary N) is 1. The van der Waals surface area contributed by atoms with Crippen LogP contribution in [0.2, 0.25) is 0 Å². The highest BCUT2D eigenvalue weighted by Gasteiger charge is 2.26. The summed E-state index contributed by atoms with van der Waals surface area (Å²) in [5.74, 6) is -0.270. The summed E-state index contributed by atoms with van der Waals surface area (Å²) < 4.78 is 33.9. The van der Waals surface area contributed by atoms with Crippen molar-refractivity contribution in [2.45, 2.75) is 25.3 Å². The van der Waals surface area contributed by atoms with Crippen LogP contribution in [0.1, 0.15) is 27.2 Å². The Morgan fingerprint density at radius 1 is 1.06 bits per heavy atom. The molecule has 8 nitrogen and oxygen atoms in total. The highest BCUT2D eigenvalue weighted by Crippen LogP contribution is 2.19. The maximum absolute atomic E-state index is 12.8. The summed E-state index contributed by atoms with van der Waals surface area (Å²) in [6.07, 6.45) is 3.16. The van der Waals surface area contributed by atoms with Gasteiger partial charge >= 0.3 is 0 Å². The smallest absolute Gasteiger partial charge is 0.271 e. The van der Waals surface area contributed by atoms with Gasteiger partial charge in [0.1, 0.15) is 12.0 Å². The quantitative estimate of drug-likeness (QED) is 0.618. The Bertz CT molecular complexity index is 1210. The third-order valence-electron chi connectivity index (χ3n) is 5.58. The molecule has 0 aliphatic carbocycles. The molecule has 1 fully saturated rings. The van der Waals surface area contributed by atoms with Crippen LogP contribution in [0.5, 0.6) is 0 Å². The molecule has 4 rings (SSSR count). The first-order chi connectivity index (χ1) is 15.3. The number of nitrogens with zero attached hydrogens (tertiary/aromatic N) is 3. The van der Waals surface area contributed by atoms with Crippen LogP contribution in [0.4, 0.5) is 0 Å². The SMILES string of the molecule is Cc1ccc(CNC(=O)c2cn(-c3ccc(S(=O)(=O)N4CCOCC4)cc3)cn2)cc1C. The summed E-state index contributed by atoms with van der Waals surface area (Å²) in [4.78, 5) is 16.9. The molecule has 1 saturated heterocycles. The standard InChI is InChI=1S/C23H26N4O4S/c1-17-3-4-19(13-18(17)2)14-24-23(28)22-15-26(16-25-22)20-5-7-21(8-6-20)32(29,30)27-9-11-31-12-10-27/h3-8,13,15-16H,9-12,14H2,1-2H3,(H,24,28). The van der Waals surface area contributed by atoms with E-state index in [1.165, 1.54) is 21.8 Å². The Kier molecular flexibility index (Phi) is 6.40. The minimum absolute atomic E-state index is 0.231. The number of benzene rings is 2. The molecular weight excluding hydrogens is 428 g/mol. The monoisotopic (exact) mass is 454 g/mol. The van der Waals surface area contributed by atoms with E-state index in [-0.39, 0.29) is 10.8 Å². The van der Waals surface area contributed by atoms with Gasteiger partial charge in [0.2, 0.25) is 10.0 Å². The molecule has 32 heavy (non-hydrogen) atoms. The molecule has 1 aliphatic heterocycles. The second kappa shape index (κ2) is 9.23. The van der Waals surface area contributed by atoms with E-state index in [1.807, 2.05) is 19.1 Å². The number of aryl methyl sites for hydroxylation is 2. The maximum Gasteiger partial charge on any atom is 0.271 e. The summed E-state index contributed by atoms with van der Waals surface area (Å²) in [5.41, 5.74) is 4.42. The fraction of sp³-hybridized carbons (Fsp3) is 0.304. The van der Waals surface area contributed by atoms with Gasteiger partial charge in [-0.1, -0.05) is 18.2 Å². The van der Waals surface area contributed by atoms with E-state index in [0.717, 1.165) is 5.56 Å². The van der Waals surface area contributed by atoms with E-state index in [2.05, 4.69) is 23.3 Å². The summed E-state index contributed by atoms with van der Waals surface area (Å²) in [5, 5.41) is 2.88. The molecule has 0 spiro atoms. The Hall–Kier alpha value is -3.01. The molecule has 1 aromatic heterocycles. The Balaban J connectivity index is 1.42. The lowest BCUT2D eigenvalue weighted by Gasteiger charge is -2.26. The fourth-order valence-electron chi connectivity index (χ4n) is 3.49. The van der Waals surface area contributed by atoms with Gasteiger partial charge in [-0.15, -0.1) is 0 Å². The van der Waals surface area contributed by atoms with E-state index >= 15 is 0 Å². The number of ether oxygens (including phenoxy) is 1. The van der Waals surface area contributed by atoms with Gasteiger partial charge in [0.15, 0.2) is 0 Å². The zero-order chi connectivity index (χ0) is 22.7. The van der Waals surface area contributed by atoms with Crippen molar-refractivity contribution in [1.82, 2.24) is 19.2 Å². The first-order valence-corrected chi connectivity index (χ1v) is 11.9. The average Bonchev–Trinajstić information content (AvgIpc) is 3.31. The van der Waals surface area contributed by atoms with Crippen molar-refractivity contribution in [3.8, 4) is 5.69 Å². The molecule has 2 aromatic carbocycles. The van der Waals surface area contributed by atoms with Crippen LogP contribution < -0.4 is 5.32 Å². The van der Waals surface area contributed by atoms with Gasteiger partial charge in [-0.25, -0.2) is 13.4 Å². The Morgan fingerprint density at radius 3 is 2.47 bits per heavy atom. The van der Waals surface area contributed by atoms with Crippen molar-refractivity contribution >= 4 is 15.9 Å². The normalized spacial score (nSPS) is 14.9. The van der Waals surface area contributed by atoms with E-state index < -0.39 is 10.0 Å². The number of aromatic nitrogens is 2. The molecule has 1 amide bonds. The number of carbonyl (C=O) groups excluding carboxylic acids is 1. The lowest BCUT2D eigenvalue weighted by Crippen LogP contribution is -2.40. The largest absolute Gasteiger partial charge is 0.379 e. The van der Waals surface area contributed by atoms with Crippen molar-refractivity contribution in [1.29, 1.82) is 0 Å².